The molecule has 0 aliphatic carbocycles. The van der Waals surface area contributed by atoms with Crippen molar-refractivity contribution in [3.63, 3.8) is 0 Å². The first-order valence-electron chi connectivity index (χ1n) is 5.24. The third kappa shape index (κ3) is 4.56. The van der Waals surface area contributed by atoms with Gasteiger partial charge in [0.05, 0.1) is 0 Å². The van der Waals surface area contributed by atoms with Gasteiger partial charge in [-0.3, -0.25) is 0 Å². The zero-order valence-corrected chi connectivity index (χ0v) is 12.7. The standard InChI is InChI=1S/C9H16BrN3O3Si/c1-17(2,3)5-4-16-7-12-8(10)6-11-9(12)13(14)15/h6H,4-5,7H2,1-3H3. The van der Waals surface area contributed by atoms with Gasteiger partial charge in [0.2, 0.25) is 0 Å². The smallest absolute Gasteiger partial charge is 0.390 e. The number of aromatic nitrogens is 2. The Hall–Kier alpha value is -0.733. The van der Waals surface area contributed by atoms with E-state index in [0.29, 0.717) is 11.2 Å². The summed E-state index contributed by atoms with van der Waals surface area (Å²) in [5.74, 6) is -0.204. The molecule has 0 N–H and O–H groups in total. The summed E-state index contributed by atoms with van der Waals surface area (Å²) in [5, 5.41) is 10.7. The van der Waals surface area contributed by atoms with Gasteiger partial charge >= 0.3 is 5.95 Å². The van der Waals surface area contributed by atoms with Gasteiger partial charge in [-0.05, 0) is 26.9 Å². The molecule has 0 atom stereocenters. The highest BCUT2D eigenvalue weighted by Crippen LogP contribution is 2.18. The maximum atomic E-state index is 10.7. The Morgan fingerprint density at radius 2 is 2.24 bits per heavy atom. The zero-order chi connectivity index (χ0) is 13.1. The Kier molecular flexibility index (Phi) is 4.84. The Balaban J connectivity index is 2.52. The quantitative estimate of drug-likeness (QED) is 0.349. The van der Waals surface area contributed by atoms with Crippen molar-refractivity contribution in [2.75, 3.05) is 6.61 Å². The average Bonchev–Trinajstić information content (AvgIpc) is 2.53. The first kappa shape index (κ1) is 14.3. The van der Waals surface area contributed by atoms with Gasteiger partial charge in [0.1, 0.15) is 0 Å². The van der Waals surface area contributed by atoms with Gasteiger partial charge in [0.25, 0.3) is 0 Å². The van der Waals surface area contributed by atoms with E-state index in [1.54, 1.807) is 0 Å². The van der Waals surface area contributed by atoms with Crippen LogP contribution < -0.4 is 0 Å². The first-order chi connectivity index (χ1) is 7.81. The highest BCUT2D eigenvalue weighted by molar-refractivity contribution is 9.10. The van der Waals surface area contributed by atoms with E-state index in [0.717, 1.165) is 6.04 Å². The largest absolute Gasteiger partial charge is 0.437 e. The lowest BCUT2D eigenvalue weighted by Gasteiger charge is -2.15. The zero-order valence-electron chi connectivity index (χ0n) is 10.1. The summed E-state index contributed by atoms with van der Waals surface area (Å²) >= 11 is 3.20. The minimum Gasteiger partial charge on any atom is -0.390 e. The SMILES string of the molecule is C[Si](C)(C)CCOCn1c(Br)cnc1[N+](=O)[O-]. The lowest BCUT2D eigenvalue weighted by atomic mass is 10.8. The van der Waals surface area contributed by atoms with Gasteiger partial charge in [-0.1, -0.05) is 24.6 Å². The molecule has 0 unspecified atom stereocenters. The van der Waals surface area contributed by atoms with Crippen molar-refractivity contribution in [1.82, 2.24) is 9.55 Å². The lowest BCUT2D eigenvalue weighted by molar-refractivity contribution is -0.397. The Morgan fingerprint density at radius 1 is 1.59 bits per heavy atom. The van der Waals surface area contributed by atoms with Gasteiger partial charge in [0, 0.05) is 14.7 Å². The van der Waals surface area contributed by atoms with Crippen LogP contribution >= 0.6 is 15.9 Å². The number of hydrogen-bond donors (Lipinski definition) is 0. The van der Waals surface area contributed by atoms with Gasteiger partial charge in [-0.25, -0.2) is 0 Å². The van der Waals surface area contributed by atoms with E-state index in [-0.39, 0.29) is 12.7 Å². The maximum absolute atomic E-state index is 10.7. The maximum Gasteiger partial charge on any atom is 0.437 e. The van der Waals surface area contributed by atoms with Gasteiger partial charge in [0.15, 0.2) is 17.5 Å². The van der Waals surface area contributed by atoms with E-state index < -0.39 is 13.0 Å². The summed E-state index contributed by atoms with van der Waals surface area (Å²) in [5.41, 5.74) is 0. The second kappa shape index (κ2) is 5.74. The highest BCUT2D eigenvalue weighted by Gasteiger charge is 2.19. The number of rotatable bonds is 6. The molecule has 0 fully saturated rings. The van der Waals surface area contributed by atoms with Crippen LogP contribution in [0.4, 0.5) is 5.95 Å². The van der Waals surface area contributed by atoms with Crippen LogP contribution in [0.15, 0.2) is 10.8 Å². The Morgan fingerprint density at radius 3 is 2.76 bits per heavy atom. The number of ether oxygens (including phenoxy) is 1. The van der Waals surface area contributed by atoms with Gasteiger partial charge in [-0.2, -0.15) is 4.57 Å². The molecule has 1 aromatic heterocycles. The summed E-state index contributed by atoms with van der Waals surface area (Å²) < 4.78 is 7.39. The van der Waals surface area contributed by atoms with Gasteiger partial charge < -0.3 is 14.9 Å². The van der Waals surface area contributed by atoms with Crippen LogP contribution in [0, 0.1) is 10.1 Å². The summed E-state index contributed by atoms with van der Waals surface area (Å²) in [4.78, 5) is 13.8. The number of nitro groups is 1. The molecule has 0 saturated heterocycles. The molecule has 1 aromatic rings. The monoisotopic (exact) mass is 321 g/mol. The van der Waals surface area contributed by atoms with E-state index in [1.165, 1.54) is 10.8 Å². The van der Waals surface area contributed by atoms with Crippen LogP contribution in [0.3, 0.4) is 0 Å². The van der Waals surface area contributed by atoms with Crippen LogP contribution in [0.1, 0.15) is 0 Å². The molecule has 1 rings (SSSR count). The van der Waals surface area contributed by atoms with E-state index in [9.17, 15) is 10.1 Å². The molecular weight excluding hydrogens is 306 g/mol. The number of hydrogen-bond acceptors (Lipinski definition) is 4. The van der Waals surface area contributed by atoms with Crippen LogP contribution in [0.25, 0.3) is 0 Å². The van der Waals surface area contributed by atoms with Crippen molar-refractivity contribution in [2.24, 2.45) is 0 Å². The van der Waals surface area contributed by atoms with E-state index >= 15 is 0 Å². The molecule has 6 nitrogen and oxygen atoms in total. The van der Waals surface area contributed by atoms with Crippen LogP contribution in [-0.4, -0.2) is 29.2 Å². The van der Waals surface area contributed by atoms with Crippen molar-refractivity contribution in [3.8, 4) is 0 Å². The molecule has 96 valence electrons. The fourth-order valence-corrected chi connectivity index (χ4v) is 2.27. The van der Waals surface area contributed by atoms with Gasteiger partial charge in [-0.15, -0.1) is 0 Å². The van der Waals surface area contributed by atoms with Crippen molar-refractivity contribution in [2.45, 2.75) is 32.4 Å². The second-order valence-corrected chi connectivity index (χ2v) is 11.3. The summed E-state index contributed by atoms with van der Waals surface area (Å²) in [6, 6.07) is 1.03. The Labute approximate surface area is 109 Å². The van der Waals surface area contributed by atoms with Crippen LogP contribution in [-0.2, 0) is 11.5 Å². The third-order valence-electron chi connectivity index (χ3n) is 2.17. The molecule has 0 aromatic carbocycles. The average molecular weight is 322 g/mol. The van der Waals surface area contributed by atoms with Crippen LogP contribution in [0.2, 0.25) is 25.7 Å². The van der Waals surface area contributed by atoms with E-state index in [4.69, 9.17) is 4.74 Å². The van der Waals surface area contributed by atoms with E-state index in [2.05, 4.69) is 40.6 Å². The predicted octanol–water partition coefficient (Wildman–Crippen LogP) is 2.87. The fourth-order valence-electron chi connectivity index (χ4n) is 1.15. The second-order valence-electron chi connectivity index (χ2n) is 4.91. The first-order valence-corrected chi connectivity index (χ1v) is 9.74. The minimum absolute atomic E-state index is 0.154. The molecule has 0 spiro atoms. The Bertz CT molecular complexity index is 403. The summed E-state index contributed by atoms with van der Waals surface area (Å²) in [6.07, 6.45) is 1.40. The number of imidazole rings is 1. The van der Waals surface area contributed by atoms with Crippen molar-refractivity contribution < 1.29 is 9.66 Å². The van der Waals surface area contributed by atoms with Crippen molar-refractivity contribution in [1.29, 1.82) is 0 Å². The molecule has 0 saturated carbocycles. The van der Waals surface area contributed by atoms with Crippen LogP contribution in [0.5, 0.6) is 0 Å². The highest BCUT2D eigenvalue weighted by atomic mass is 79.9. The molecule has 0 radical (unpaired) electrons. The molecule has 1 heterocycles. The molecule has 0 aliphatic rings. The molecule has 0 bridgehead atoms. The number of nitrogens with zero attached hydrogens (tertiary/aromatic N) is 3. The minimum atomic E-state index is -1.12. The summed E-state index contributed by atoms with van der Waals surface area (Å²) in [6.45, 7) is 7.54. The van der Waals surface area contributed by atoms with Crippen molar-refractivity contribution in [3.05, 3.63) is 20.9 Å². The third-order valence-corrected chi connectivity index (χ3v) is 4.50. The normalized spacial score (nSPS) is 11.8. The molecule has 17 heavy (non-hydrogen) atoms. The lowest BCUT2D eigenvalue weighted by Crippen LogP contribution is -2.22. The summed E-state index contributed by atoms with van der Waals surface area (Å²) in [7, 11) is -1.12. The molecule has 0 aliphatic heterocycles. The predicted molar refractivity (Wildman–Crippen MR) is 70.7 cm³/mol. The number of halogens is 1. The molecule has 8 heteroatoms. The fraction of sp³-hybridized carbons (Fsp3) is 0.667. The topological polar surface area (TPSA) is 70.2 Å². The van der Waals surface area contributed by atoms with E-state index in [1.807, 2.05) is 0 Å². The van der Waals surface area contributed by atoms with Crippen molar-refractivity contribution >= 4 is 30.0 Å². The molecule has 0 amide bonds. The molecular formula is C9H16BrN3O3Si.